The Bertz CT molecular complexity index is 1210. The molecule has 9 nitrogen and oxygen atoms in total. The number of fused-ring (bicyclic) bond motifs is 1. The second kappa shape index (κ2) is 14.4. The molecule has 4 rings (SSSR count). The molecule has 0 spiro atoms. The number of pyridine rings is 1. The van der Waals surface area contributed by atoms with E-state index >= 15 is 0 Å². The topological polar surface area (TPSA) is 118 Å². The summed E-state index contributed by atoms with van der Waals surface area (Å²) in [6, 6.07) is 12.9. The molecule has 1 aliphatic rings. The average molecular weight is 576 g/mol. The molecule has 0 saturated carbocycles. The van der Waals surface area contributed by atoms with Gasteiger partial charge in [0.2, 0.25) is 0 Å². The van der Waals surface area contributed by atoms with Gasteiger partial charge >= 0.3 is 24.3 Å². The largest absolute Gasteiger partial charge is 0.490 e. The molecular formula is C25H26F6N4O5. The summed E-state index contributed by atoms with van der Waals surface area (Å²) in [7, 11) is 1.74. The highest BCUT2D eigenvalue weighted by atomic mass is 19.4. The number of aliphatic carboxylic acids is 2. The van der Waals surface area contributed by atoms with Crippen molar-refractivity contribution in [1.29, 1.82) is 0 Å². The summed E-state index contributed by atoms with van der Waals surface area (Å²) < 4.78 is 71.0. The second-order valence-corrected chi connectivity index (χ2v) is 8.36. The molecule has 40 heavy (non-hydrogen) atoms. The van der Waals surface area contributed by atoms with Crippen LogP contribution in [0, 0.1) is 0 Å². The third-order valence-corrected chi connectivity index (χ3v) is 5.47. The van der Waals surface area contributed by atoms with Crippen LogP contribution >= 0.6 is 0 Å². The van der Waals surface area contributed by atoms with Crippen LogP contribution in [0.5, 0.6) is 0 Å². The zero-order chi connectivity index (χ0) is 29.9. The normalized spacial score (nSPS) is 15.1. The van der Waals surface area contributed by atoms with Gasteiger partial charge in [0.15, 0.2) is 0 Å². The van der Waals surface area contributed by atoms with Crippen LogP contribution in [0.25, 0.3) is 0 Å². The number of carbonyl (C=O) groups is 2. The standard InChI is InChI=1S/C21H24N4O.2C2HF3O2/c1-26-12-11-25-10-9-23-21(25)20-16-24(14-17-5-4-8-22-13-17)15-18-6-2-3-7-19(18)20;2*3-2(4,5)1(6)7/h2-10,13,20H,11-12,14-16H2,1H3;2*(H,6,7). The Balaban J connectivity index is 0.000000333. The van der Waals surface area contributed by atoms with E-state index in [1.165, 1.54) is 16.7 Å². The van der Waals surface area contributed by atoms with Gasteiger partial charge in [0.05, 0.1) is 12.5 Å². The van der Waals surface area contributed by atoms with Crippen molar-refractivity contribution >= 4 is 11.9 Å². The fraction of sp³-hybridized carbons (Fsp3) is 0.360. The van der Waals surface area contributed by atoms with Gasteiger partial charge in [0.1, 0.15) is 5.82 Å². The zero-order valence-electron chi connectivity index (χ0n) is 21.1. The number of halogens is 6. The van der Waals surface area contributed by atoms with Crippen LogP contribution in [0.2, 0.25) is 0 Å². The third kappa shape index (κ3) is 9.96. The summed E-state index contributed by atoms with van der Waals surface area (Å²) in [6.07, 6.45) is -2.44. The third-order valence-electron chi connectivity index (χ3n) is 5.47. The summed E-state index contributed by atoms with van der Waals surface area (Å²) in [5.74, 6) is -4.13. The van der Waals surface area contributed by atoms with Gasteiger partial charge in [-0.15, -0.1) is 0 Å². The molecule has 1 aromatic carbocycles. The quantitative estimate of drug-likeness (QED) is 0.417. The lowest BCUT2D eigenvalue weighted by molar-refractivity contribution is -0.193. The van der Waals surface area contributed by atoms with Crippen molar-refractivity contribution in [2.45, 2.75) is 37.9 Å². The minimum atomic E-state index is -5.08. The Morgan fingerprint density at radius 2 is 1.62 bits per heavy atom. The molecule has 0 saturated heterocycles. The van der Waals surface area contributed by atoms with Crippen molar-refractivity contribution < 1.29 is 50.9 Å². The van der Waals surface area contributed by atoms with Crippen LogP contribution in [-0.4, -0.2) is 74.2 Å². The van der Waals surface area contributed by atoms with Crippen LogP contribution < -0.4 is 0 Å². The van der Waals surface area contributed by atoms with E-state index in [1.807, 2.05) is 24.7 Å². The van der Waals surface area contributed by atoms with Crippen molar-refractivity contribution in [1.82, 2.24) is 19.4 Å². The van der Waals surface area contributed by atoms with Gasteiger partial charge in [-0.1, -0.05) is 30.3 Å². The lowest BCUT2D eigenvalue weighted by atomic mass is 9.88. The molecule has 1 atom stereocenters. The van der Waals surface area contributed by atoms with Crippen molar-refractivity contribution in [3.05, 3.63) is 83.7 Å². The van der Waals surface area contributed by atoms with E-state index in [4.69, 9.17) is 29.5 Å². The molecule has 0 radical (unpaired) electrons. The molecule has 0 aliphatic carbocycles. The highest BCUT2D eigenvalue weighted by Crippen LogP contribution is 2.33. The second-order valence-electron chi connectivity index (χ2n) is 8.36. The fourth-order valence-electron chi connectivity index (χ4n) is 3.78. The van der Waals surface area contributed by atoms with E-state index in [2.05, 4.69) is 51.0 Å². The fourth-order valence-corrected chi connectivity index (χ4v) is 3.78. The van der Waals surface area contributed by atoms with Gasteiger partial charge in [-0.2, -0.15) is 26.3 Å². The Hall–Kier alpha value is -3.98. The van der Waals surface area contributed by atoms with Gasteiger partial charge in [0, 0.05) is 58.1 Å². The number of methoxy groups -OCH3 is 1. The summed E-state index contributed by atoms with van der Waals surface area (Å²) in [6.45, 7) is 4.33. The van der Waals surface area contributed by atoms with Gasteiger partial charge in [-0.3, -0.25) is 9.88 Å². The SMILES string of the molecule is COCCn1ccnc1C1CN(Cc2cccnc2)Cc2ccccc21.O=C(O)C(F)(F)F.O=C(O)C(F)(F)F. The summed E-state index contributed by atoms with van der Waals surface area (Å²) in [5, 5.41) is 14.2. The van der Waals surface area contributed by atoms with Crippen LogP contribution in [0.3, 0.4) is 0 Å². The molecule has 15 heteroatoms. The first-order chi connectivity index (χ1) is 18.7. The van der Waals surface area contributed by atoms with E-state index in [-0.39, 0.29) is 5.92 Å². The molecular weight excluding hydrogens is 550 g/mol. The van der Waals surface area contributed by atoms with Crippen LogP contribution in [0.15, 0.2) is 61.2 Å². The van der Waals surface area contributed by atoms with E-state index in [0.717, 1.165) is 32.0 Å². The number of carboxylic acids is 2. The van der Waals surface area contributed by atoms with E-state index in [0.29, 0.717) is 6.61 Å². The number of aromatic nitrogens is 3. The van der Waals surface area contributed by atoms with E-state index in [9.17, 15) is 26.3 Å². The Morgan fingerprint density at radius 1 is 1.00 bits per heavy atom. The Kier molecular flexibility index (Phi) is 11.6. The molecule has 1 aliphatic heterocycles. The molecule has 2 N–H and O–H groups in total. The molecule has 0 amide bonds. The van der Waals surface area contributed by atoms with Crippen LogP contribution in [0.1, 0.15) is 28.4 Å². The van der Waals surface area contributed by atoms with Crippen LogP contribution in [0.4, 0.5) is 26.3 Å². The summed E-state index contributed by atoms with van der Waals surface area (Å²) in [4.78, 5) is 29.2. The van der Waals surface area contributed by atoms with Crippen molar-refractivity contribution in [3.8, 4) is 0 Å². The predicted octanol–water partition coefficient (Wildman–Crippen LogP) is 4.34. The average Bonchev–Trinajstić information content (AvgIpc) is 3.35. The number of ether oxygens (including phenoxy) is 1. The zero-order valence-corrected chi connectivity index (χ0v) is 21.1. The number of hydrogen-bond acceptors (Lipinski definition) is 6. The molecule has 3 aromatic rings. The van der Waals surface area contributed by atoms with Gasteiger partial charge < -0.3 is 19.5 Å². The molecule has 1 unspecified atom stereocenters. The monoisotopic (exact) mass is 576 g/mol. The van der Waals surface area contributed by atoms with Gasteiger partial charge in [-0.05, 0) is 22.8 Å². The lowest BCUT2D eigenvalue weighted by Gasteiger charge is -2.34. The maximum absolute atomic E-state index is 10.6. The van der Waals surface area contributed by atoms with Crippen LogP contribution in [-0.2, 0) is 34.0 Å². The smallest absolute Gasteiger partial charge is 0.475 e. The molecule has 2 aromatic heterocycles. The summed E-state index contributed by atoms with van der Waals surface area (Å²) in [5.41, 5.74) is 4.02. The number of benzene rings is 1. The van der Waals surface area contributed by atoms with Gasteiger partial charge in [-0.25, -0.2) is 14.6 Å². The number of imidazole rings is 1. The number of hydrogen-bond donors (Lipinski definition) is 2. The van der Waals surface area contributed by atoms with Crippen molar-refractivity contribution in [3.63, 3.8) is 0 Å². The maximum atomic E-state index is 10.6. The number of carboxylic acid groups (broad SMARTS) is 2. The first kappa shape index (κ1) is 32.2. The minimum absolute atomic E-state index is 0.267. The van der Waals surface area contributed by atoms with Gasteiger partial charge in [0.25, 0.3) is 0 Å². The Morgan fingerprint density at radius 3 is 2.17 bits per heavy atom. The first-order valence-corrected chi connectivity index (χ1v) is 11.5. The molecule has 0 fully saturated rings. The highest BCUT2D eigenvalue weighted by molar-refractivity contribution is 5.73. The van der Waals surface area contributed by atoms with Crippen molar-refractivity contribution in [2.75, 3.05) is 20.3 Å². The minimum Gasteiger partial charge on any atom is -0.475 e. The predicted molar refractivity (Wildman–Crippen MR) is 128 cm³/mol. The Labute approximate surface area is 224 Å². The summed E-state index contributed by atoms with van der Waals surface area (Å²) >= 11 is 0. The lowest BCUT2D eigenvalue weighted by Crippen LogP contribution is -2.35. The molecule has 3 heterocycles. The van der Waals surface area contributed by atoms with E-state index in [1.54, 1.807) is 7.11 Å². The molecule has 0 bridgehead atoms. The van der Waals surface area contributed by atoms with E-state index < -0.39 is 24.3 Å². The van der Waals surface area contributed by atoms with Crippen molar-refractivity contribution in [2.24, 2.45) is 0 Å². The number of rotatable bonds is 6. The number of alkyl halides is 6. The first-order valence-electron chi connectivity index (χ1n) is 11.5. The number of nitrogens with zero attached hydrogens (tertiary/aromatic N) is 4. The molecule has 218 valence electrons. The highest BCUT2D eigenvalue weighted by Gasteiger charge is 2.39. The maximum Gasteiger partial charge on any atom is 0.490 e.